The van der Waals surface area contributed by atoms with Gasteiger partial charge >= 0.3 is 5.69 Å². The van der Waals surface area contributed by atoms with Gasteiger partial charge in [-0.3, -0.25) is 9.36 Å². The first-order chi connectivity index (χ1) is 12.6. The maximum absolute atomic E-state index is 12.2. The van der Waals surface area contributed by atoms with Gasteiger partial charge in [0, 0.05) is 11.8 Å². The van der Waals surface area contributed by atoms with Crippen LogP contribution in [0.1, 0.15) is 22.0 Å². The third kappa shape index (κ3) is 3.85. The van der Waals surface area contributed by atoms with Crippen molar-refractivity contribution in [3.63, 3.8) is 0 Å². The molecule has 0 aliphatic carbocycles. The number of aliphatic hydroxyl groups is 2. The van der Waals surface area contributed by atoms with Crippen molar-refractivity contribution in [2.24, 2.45) is 0 Å². The Bertz CT molecular complexity index is 953. The number of benzene rings is 2. The first-order valence-electron chi connectivity index (χ1n) is 7.94. The predicted molar refractivity (Wildman–Crippen MR) is 96.3 cm³/mol. The number of aromatic nitrogens is 2. The van der Waals surface area contributed by atoms with E-state index in [0.717, 1.165) is 0 Å². The predicted octanol–water partition coefficient (Wildman–Crippen LogP) is 1.51. The molecule has 132 valence electrons. The van der Waals surface area contributed by atoms with Crippen molar-refractivity contribution in [3.8, 4) is 5.69 Å². The van der Waals surface area contributed by atoms with Gasteiger partial charge in [0.2, 0.25) is 0 Å². The molecule has 1 aromatic heterocycles. The maximum Gasteiger partial charge on any atom is 0.354 e. The summed E-state index contributed by atoms with van der Waals surface area (Å²) in [4.78, 5) is 28.2. The highest BCUT2D eigenvalue weighted by molar-refractivity contribution is 6.03. The summed E-state index contributed by atoms with van der Waals surface area (Å²) in [7, 11) is 0. The van der Waals surface area contributed by atoms with Crippen LogP contribution in [0, 0.1) is 0 Å². The van der Waals surface area contributed by atoms with Crippen LogP contribution in [0.2, 0.25) is 0 Å². The number of aliphatic hydroxyl groups excluding tert-OH is 2. The van der Waals surface area contributed by atoms with Gasteiger partial charge in [-0.25, -0.2) is 4.79 Å². The minimum atomic E-state index is -0.963. The number of hydrogen-bond acceptors (Lipinski definition) is 5. The van der Waals surface area contributed by atoms with Crippen molar-refractivity contribution >= 4 is 11.7 Å². The number of anilines is 1. The van der Waals surface area contributed by atoms with Crippen molar-refractivity contribution in [2.75, 3.05) is 11.9 Å². The molecule has 7 nitrogen and oxygen atoms in total. The van der Waals surface area contributed by atoms with E-state index >= 15 is 0 Å². The second-order valence-electron chi connectivity index (χ2n) is 5.58. The topological polar surface area (TPSA) is 104 Å². The fourth-order valence-corrected chi connectivity index (χ4v) is 2.41. The van der Waals surface area contributed by atoms with E-state index in [1.165, 1.54) is 16.8 Å². The van der Waals surface area contributed by atoms with Crippen molar-refractivity contribution in [1.29, 1.82) is 0 Å². The van der Waals surface area contributed by atoms with Gasteiger partial charge in [-0.2, -0.15) is 4.98 Å². The maximum atomic E-state index is 12.2. The number of amides is 1. The molecule has 7 heteroatoms. The summed E-state index contributed by atoms with van der Waals surface area (Å²) in [5.41, 5.74) is 1.02. The van der Waals surface area contributed by atoms with Crippen LogP contribution in [0.25, 0.3) is 5.69 Å². The lowest BCUT2D eigenvalue weighted by Crippen LogP contribution is -2.23. The van der Waals surface area contributed by atoms with E-state index in [1.807, 2.05) is 0 Å². The SMILES string of the molecule is O=C(Nc1ccn(-c2ccc([C@H](O)CO)cc2)c(=O)n1)c1ccccc1. The van der Waals surface area contributed by atoms with E-state index < -0.39 is 11.8 Å². The molecule has 0 unspecified atom stereocenters. The minimum Gasteiger partial charge on any atom is -0.393 e. The molecule has 0 radical (unpaired) electrons. The first kappa shape index (κ1) is 17.5. The van der Waals surface area contributed by atoms with E-state index in [4.69, 9.17) is 5.11 Å². The van der Waals surface area contributed by atoms with Crippen LogP contribution >= 0.6 is 0 Å². The van der Waals surface area contributed by atoms with Crippen molar-refractivity contribution in [2.45, 2.75) is 6.10 Å². The monoisotopic (exact) mass is 351 g/mol. The lowest BCUT2D eigenvalue weighted by Gasteiger charge is -2.10. The summed E-state index contributed by atoms with van der Waals surface area (Å²) in [6, 6.07) is 16.7. The molecule has 1 heterocycles. The van der Waals surface area contributed by atoms with Gasteiger partial charge in [-0.15, -0.1) is 0 Å². The Morgan fingerprint density at radius 2 is 1.77 bits per heavy atom. The average Bonchev–Trinajstić information content (AvgIpc) is 2.68. The number of rotatable bonds is 5. The summed E-state index contributed by atoms with van der Waals surface area (Å²) in [6.45, 7) is -0.378. The number of nitrogens with zero attached hydrogens (tertiary/aromatic N) is 2. The van der Waals surface area contributed by atoms with Gasteiger partial charge in [-0.1, -0.05) is 30.3 Å². The van der Waals surface area contributed by atoms with Crippen molar-refractivity contribution in [3.05, 3.63) is 88.5 Å². The van der Waals surface area contributed by atoms with E-state index in [1.54, 1.807) is 54.6 Å². The molecule has 3 N–H and O–H groups in total. The van der Waals surface area contributed by atoms with Crippen LogP contribution in [-0.4, -0.2) is 32.3 Å². The molecule has 0 fully saturated rings. The molecule has 0 spiro atoms. The van der Waals surface area contributed by atoms with Gasteiger partial charge in [0.05, 0.1) is 12.3 Å². The van der Waals surface area contributed by atoms with Crippen LogP contribution in [-0.2, 0) is 0 Å². The Balaban J connectivity index is 1.79. The van der Waals surface area contributed by atoms with Crippen LogP contribution in [0.4, 0.5) is 5.82 Å². The summed E-state index contributed by atoms with van der Waals surface area (Å²) < 4.78 is 1.31. The second kappa shape index (κ2) is 7.73. The highest BCUT2D eigenvalue weighted by Gasteiger charge is 2.09. The molecule has 0 bridgehead atoms. The third-order valence-electron chi connectivity index (χ3n) is 3.81. The molecule has 0 saturated heterocycles. The molecule has 0 saturated carbocycles. The number of hydrogen-bond donors (Lipinski definition) is 3. The fraction of sp³-hybridized carbons (Fsp3) is 0.105. The van der Waals surface area contributed by atoms with Crippen LogP contribution < -0.4 is 11.0 Å². The molecule has 3 aromatic rings. The Kier molecular flexibility index (Phi) is 5.21. The summed E-state index contributed by atoms with van der Waals surface area (Å²) >= 11 is 0. The van der Waals surface area contributed by atoms with Crippen molar-refractivity contribution in [1.82, 2.24) is 9.55 Å². The molecule has 0 aliphatic rings. The van der Waals surface area contributed by atoms with Crippen LogP contribution in [0.5, 0.6) is 0 Å². The van der Waals surface area contributed by atoms with E-state index in [2.05, 4.69) is 10.3 Å². The van der Waals surface area contributed by atoms with Crippen molar-refractivity contribution < 1.29 is 15.0 Å². The minimum absolute atomic E-state index is 0.160. The molecule has 1 amide bonds. The molecule has 26 heavy (non-hydrogen) atoms. The summed E-state index contributed by atoms with van der Waals surface area (Å²) in [6.07, 6.45) is 0.544. The quantitative estimate of drug-likeness (QED) is 0.646. The molecule has 0 aliphatic heterocycles. The van der Waals surface area contributed by atoms with E-state index in [-0.39, 0.29) is 18.3 Å². The summed E-state index contributed by atoms with van der Waals surface area (Å²) in [5.74, 6) is -0.190. The number of carbonyl (C=O) groups is 1. The average molecular weight is 351 g/mol. The Labute approximate surface area is 149 Å². The van der Waals surface area contributed by atoms with Gasteiger partial charge in [-0.05, 0) is 35.9 Å². The fourth-order valence-electron chi connectivity index (χ4n) is 2.41. The van der Waals surface area contributed by atoms with Gasteiger partial charge < -0.3 is 15.5 Å². The summed E-state index contributed by atoms with van der Waals surface area (Å²) in [5, 5.41) is 21.1. The zero-order valence-corrected chi connectivity index (χ0v) is 13.7. The highest BCUT2D eigenvalue weighted by Crippen LogP contribution is 2.15. The smallest absolute Gasteiger partial charge is 0.354 e. The van der Waals surface area contributed by atoms with E-state index in [9.17, 15) is 14.7 Å². The highest BCUT2D eigenvalue weighted by atomic mass is 16.3. The molecule has 2 aromatic carbocycles. The zero-order chi connectivity index (χ0) is 18.5. The number of carbonyl (C=O) groups excluding carboxylic acids is 1. The Hall–Kier alpha value is -3.29. The van der Waals surface area contributed by atoms with Crippen LogP contribution in [0.3, 0.4) is 0 Å². The van der Waals surface area contributed by atoms with E-state index in [0.29, 0.717) is 16.8 Å². The first-order valence-corrected chi connectivity index (χ1v) is 7.94. The molecule has 1 atom stereocenters. The second-order valence-corrected chi connectivity index (χ2v) is 5.58. The van der Waals surface area contributed by atoms with Gasteiger partial charge in [0.25, 0.3) is 5.91 Å². The Morgan fingerprint density at radius 1 is 1.08 bits per heavy atom. The van der Waals surface area contributed by atoms with Gasteiger partial charge in [0.1, 0.15) is 11.9 Å². The molecular weight excluding hydrogens is 334 g/mol. The third-order valence-corrected chi connectivity index (χ3v) is 3.81. The normalized spacial score (nSPS) is 11.8. The Morgan fingerprint density at radius 3 is 2.38 bits per heavy atom. The lowest BCUT2D eigenvalue weighted by molar-refractivity contribution is 0.0956. The van der Waals surface area contributed by atoms with Crippen LogP contribution in [0.15, 0.2) is 71.7 Å². The zero-order valence-electron chi connectivity index (χ0n) is 13.7. The largest absolute Gasteiger partial charge is 0.393 e. The number of nitrogens with one attached hydrogen (secondary N) is 1. The molecular formula is C19H17N3O4. The van der Waals surface area contributed by atoms with Gasteiger partial charge in [0.15, 0.2) is 0 Å². The molecule has 3 rings (SSSR count). The standard InChI is InChI=1S/C19H17N3O4/c23-12-16(24)13-6-8-15(9-7-13)22-11-10-17(21-19(22)26)20-18(25)14-4-2-1-3-5-14/h1-11,16,23-24H,12H2,(H,20,21,25,26)/t16-/m1/s1. The lowest BCUT2D eigenvalue weighted by atomic mass is 10.1.